The van der Waals surface area contributed by atoms with Crippen LogP contribution in [0.5, 0.6) is 0 Å². The average molecular weight is 523 g/mol. The van der Waals surface area contributed by atoms with E-state index in [1.54, 1.807) is 0 Å². The van der Waals surface area contributed by atoms with Gasteiger partial charge in [-0.05, 0) is 67.1 Å². The van der Waals surface area contributed by atoms with Crippen LogP contribution in [0.15, 0.2) is 91.0 Å². The van der Waals surface area contributed by atoms with Crippen LogP contribution in [0.4, 0.5) is 0 Å². The number of allylic oxidation sites excluding steroid dienone is 1. The van der Waals surface area contributed by atoms with Crippen LogP contribution >= 0.6 is 0 Å². The lowest BCUT2D eigenvalue weighted by molar-refractivity contribution is -0.931. The van der Waals surface area contributed by atoms with Gasteiger partial charge >= 0.3 is 0 Å². The second-order valence-corrected chi connectivity index (χ2v) is 11.2. The fourth-order valence-electron chi connectivity index (χ4n) is 7.18. The Hall–Kier alpha value is -2.68. The summed E-state index contributed by atoms with van der Waals surface area (Å²) in [4.78, 5) is 0. The maximum absolute atomic E-state index is 2.63. The molecule has 0 radical (unpaired) electrons. The third-order valence-corrected chi connectivity index (χ3v) is 9.13. The van der Waals surface area contributed by atoms with Crippen LogP contribution in [0.3, 0.4) is 0 Å². The molecule has 0 spiro atoms. The summed E-state index contributed by atoms with van der Waals surface area (Å²) in [5.41, 5.74) is 4.09. The minimum atomic E-state index is 0. The quantitative estimate of drug-likeness (QED) is 0.230. The summed E-state index contributed by atoms with van der Waals surface area (Å²) >= 11 is 0. The van der Waals surface area contributed by atoms with Crippen LogP contribution < -0.4 is 17.0 Å². The van der Waals surface area contributed by atoms with Gasteiger partial charge in [-0.2, -0.15) is 0 Å². The third-order valence-electron chi connectivity index (χ3n) is 9.13. The Labute approximate surface area is 218 Å². The van der Waals surface area contributed by atoms with E-state index in [0.717, 1.165) is 12.1 Å². The predicted octanol–water partition coefficient (Wildman–Crippen LogP) is 5.04. The molecular formula is C33H32BrN. The fraction of sp³-hybridized carbons (Fsp3) is 0.273. The number of benzene rings is 5. The molecule has 1 nitrogen and oxygen atoms in total. The van der Waals surface area contributed by atoms with Gasteiger partial charge < -0.3 is 21.5 Å². The number of piperidine rings is 1. The SMILES string of the molecule is C[N+]1(C)[C@@H]2CC[C@H]1CC(/C=C(\c1ccccc1)c1cc3ccc4cccc5ccc(c1)c3c45)C2.[Br-]. The Morgan fingerprint density at radius 1 is 0.657 bits per heavy atom. The van der Waals surface area contributed by atoms with E-state index < -0.39 is 0 Å². The summed E-state index contributed by atoms with van der Waals surface area (Å²) in [6, 6.07) is 33.4. The lowest BCUT2D eigenvalue weighted by Crippen LogP contribution is -3.00. The fourth-order valence-corrected chi connectivity index (χ4v) is 7.18. The van der Waals surface area contributed by atoms with Crippen LogP contribution in [-0.2, 0) is 0 Å². The molecule has 5 aromatic rings. The normalized spacial score (nSPS) is 23.7. The van der Waals surface area contributed by atoms with Gasteiger partial charge in [0.25, 0.3) is 0 Å². The topological polar surface area (TPSA) is 0 Å². The highest BCUT2D eigenvalue weighted by molar-refractivity contribution is 6.23. The highest BCUT2D eigenvalue weighted by atomic mass is 79.9. The molecule has 7 rings (SSSR count). The Balaban J connectivity index is 0.00000229. The highest BCUT2D eigenvalue weighted by Crippen LogP contribution is 2.44. The van der Waals surface area contributed by atoms with Crippen molar-refractivity contribution < 1.29 is 21.5 Å². The molecular weight excluding hydrogens is 490 g/mol. The molecule has 1 unspecified atom stereocenters. The van der Waals surface area contributed by atoms with E-state index in [4.69, 9.17) is 0 Å². The van der Waals surface area contributed by atoms with Crippen LogP contribution in [0.25, 0.3) is 37.9 Å². The molecule has 2 aliphatic heterocycles. The van der Waals surface area contributed by atoms with E-state index in [1.807, 2.05) is 0 Å². The number of fused-ring (bicyclic) bond motifs is 2. The molecule has 2 fully saturated rings. The van der Waals surface area contributed by atoms with Gasteiger partial charge in [-0.1, -0.05) is 78.9 Å². The first-order valence-electron chi connectivity index (χ1n) is 12.9. The van der Waals surface area contributed by atoms with E-state index in [1.165, 1.54) is 79.2 Å². The first-order chi connectivity index (χ1) is 16.6. The van der Waals surface area contributed by atoms with Gasteiger partial charge in [-0.25, -0.2) is 0 Å². The van der Waals surface area contributed by atoms with Gasteiger partial charge in [-0.15, -0.1) is 0 Å². The molecule has 0 saturated carbocycles. The smallest absolute Gasteiger partial charge is 0.0896 e. The summed E-state index contributed by atoms with van der Waals surface area (Å²) in [6.07, 6.45) is 8.04. The van der Waals surface area contributed by atoms with Crippen LogP contribution in [0.2, 0.25) is 0 Å². The molecule has 2 heterocycles. The van der Waals surface area contributed by atoms with Gasteiger partial charge in [-0.3, -0.25) is 0 Å². The number of halogens is 1. The second-order valence-electron chi connectivity index (χ2n) is 11.2. The van der Waals surface area contributed by atoms with Crippen molar-refractivity contribution in [3.8, 4) is 0 Å². The number of hydrogen-bond acceptors (Lipinski definition) is 0. The summed E-state index contributed by atoms with van der Waals surface area (Å²) < 4.78 is 1.23. The zero-order chi connectivity index (χ0) is 22.9. The summed E-state index contributed by atoms with van der Waals surface area (Å²) in [7, 11) is 4.92. The van der Waals surface area contributed by atoms with Crippen LogP contribution in [0, 0.1) is 5.92 Å². The van der Waals surface area contributed by atoms with Crippen LogP contribution in [0.1, 0.15) is 36.8 Å². The monoisotopic (exact) mass is 521 g/mol. The predicted molar refractivity (Wildman–Crippen MR) is 145 cm³/mol. The Bertz CT molecular complexity index is 1470. The molecule has 2 saturated heterocycles. The maximum Gasteiger partial charge on any atom is 0.0896 e. The molecule has 0 amide bonds. The molecule has 3 atom stereocenters. The van der Waals surface area contributed by atoms with Gasteiger partial charge in [0.05, 0.1) is 26.2 Å². The number of hydrogen-bond donors (Lipinski definition) is 0. The van der Waals surface area contributed by atoms with E-state index in [-0.39, 0.29) is 17.0 Å². The van der Waals surface area contributed by atoms with Crippen molar-refractivity contribution in [2.24, 2.45) is 5.92 Å². The van der Waals surface area contributed by atoms with E-state index in [9.17, 15) is 0 Å². The largest absolute Gasteiger partial charge is 1.00 e. The van der Waals surface area contributed by atoms with Crippen molar-refractivity contribution in [3.63, 3.8) is 0 Å². The summed E-state index contributed by atoms with van der Waals surface area (Å²) in [6.45, 7) is 0. The van der Waals surface area contributed by atoms with E-state index >= 15 is 0 Å². The molecule has 0 N–H and O–H groups in total. The van der Waals surface area contributed by atoms with Crippen molar-refractivity contribution in [2.75, 3.05) is 14.1 Å². The zero-order valence-electron chi connectivity index (χ0n) is 20.5. The first kappa shape index (κ1) is 22.8. The highest BCUT2D eigenvalue weighted by Gasteiger charge is 2.48. The van der Waals surface area contributed by atoms with Crippen molar-refractivity contribution in [1.82, 2.24) is 0 Å². The van der Waals surface area contributed by atoms with Gasteiger partial charge in [0.1, 0.15) is 0 Å². The van der Waals surface area contributed by atoms with E-state index in [0.29, 0.717) is 5.92 Å². The molecule has 2 heteroatoms. The summed E-state index contributed by atoms with van der Waals surface area (Å²) in [5.74, 6) is 0.657. The first-order valence-corrected chi connectivity index (χ1v) is 12.9. The maximum atomic E-state index is 2.63. The lowest BCUT2D eigenvalue weighted by atomic mass is 9.84. The molecule has 2 bridgehead atoms. The third kappa shape index (κ3) is 3.61. The Morgan fingerprint density at radius 2 is 1.20 bits per heavy atom. The average Bonchev–Trinajstić information content (AvgIpc) is 3.01. The lowest BCUT2D eigenvalue weighted by Gasteiger charge is -2.44. The molecule has 0 aromatic heterocycles. The zero-order valence-corrected chi connectivity index (χ0v) is 22.1. The Kier molecular flexibility index (Phi) is 5.51. The van der Waals surface area contributed by atoms with Crippen molar-refractivity contribution >= 4 is 37.9 Å². The molecule has 35 heavy (non-hydrogen) atoms. The molecule has 2 aliphatic rings. The Morgan fingerprint density at radius 3 is 1.80 bits per heavy atom. The van der Waals surface area contributed by atoms with Crippen molar-refractivity contribution in [1.29, 1.82) is 0 Å². The number of quaternary nitrogens is 1. The van der Waals surface area contributed by atoms with Crippen LogP contribution in [-0.4, -0.2) is 30.7 Å². The van der Waals surface area contributed by atoms with Gasteiger partial charge in [0, 0.05) is 25.7 Å². The minimum Gasteiger partial charge on any atom is -1.00 e. The number of nitrogens with zero attached hydrogens (tertiary/aromatic N) is 1. The second kappa shape index (κ2) is 8.47. The molecule has 0 aliphatic carbocycles. The minimum absolute atomic E-state index is 0. The number of rotatable bonds is 3. The van der Waals surface area contributed by atoms with Crippen molar-refractivity contribution in [2.45, 2.75) is 37.8 Å². The standard InChI is InChI=1S/C33H32N.BrH/c1-34(2)29-15-16-30(34)18-22(17-29)19-31(23-7-4-3-5-8-23)28-20-26-13-11-24-9-6-10-25-12-14-27(21-28)33(26)32(24)25;/h3-14,19-22,29-30H,15-18H2,1-2H3;1H/q+1;/p-1/b31-19+;/t22?,29-,30+;. The van der Waals surface area contributed by atoms with E-state index in [2.05, 4.69) is 105 Å². The van der Waals surface area contributed by atoms with Gasteiger partial charge in [0.2, 0.25) is 0 Å². The molecule has 176 valence electrons. The van der Waals surface area contributed by atoms with Crippen molar-refractivity contribution in [3.05, 3.63) is 102 Å². The molecule has 5 aromatic carbocycles. The van der Waals surface area contributed by atoms with Gasteiger partial charge in [0.15, 0.2) is 0 Å². The summed E-state index contributed by atoms with van der Waals surface area (Å²) in [5, 5.41) is 8.17.